The third-order valence-electron chi connectivity index (χ3n) is 4.27. The summed E-state index contributed by atoms with van der Waals surface area (Å²) < 4.78 is 6.28. The van der Waals surface area contributed by atoms with Crippen molar-refractivity contribution in [2.45, 2.75) is 17.0 Å². The summed E-state index contributed by atoms with van der Waals surface area (Å²) in [6, 6.07) is 26.1. The smallest absolute Gasteiger partial charge is 0.119 e. The van der Waals surface area contributed by atoms with Crippen molar-refractivity contribution in [3.8, 4) is 5.75 Å². The summed E-state index contributed by atoms with van der Waals surface area (Å²) in [5.41, 5.74) is 2.56. The molecular weight excluding hydrogens is 504 g/mol. The molecule has 2 nitrogen and oxygen atoms in total. The van der Waals surface area contributed by atoms with Crippen LogP contribution in [-0.2, 0) is 13.1 Å². The van der Waals surface area contributed by atoms with Crippen molar-refractivity contribution in [2.75, 3.05) is 13.2 Å². The van der Waals surface area contributed by atoms with Gasteiger partial charge in [-0.1, -0.05) is 88.3 Å². The number of alkyl halides is 1. The summed E-state index contributed by atoms with van der Waals surface area (Å²) in [5, 5.41) is 1.48. The zero-order valence-electron chi connectivity index (χ0n) is 15.4. The van der Waals surface area contributed by atoms with E-state index in [4.69, 9.17) is 27.9 Å². The molecule has 1 atom stereocenters. The van der Waals surface area contributed by atoms with Gasteiger partial charge in [0.05, 0.1) is 3.92 Å². The standard InChI is InChI=1S/C23H22Cl2INO/c24-20-8-6-19(7-9-20)15-27(14-18-4-2-1-3-5-18)16-22(26)17-28-23-12-10-21(25)11-13-23/h1-13,22H,14-17H2. The highest BCUT2D eigenvalue weighted by atomic mass is 127. The molecule has 0 bridgehead atoms. The predicted molar refractivity (Wildman–Crippen MR) is 127 cm³/mol. The van der Waals surface area contributed by atoms with Gasteiger partial charge in [0.1, 0.15) is 12.4 Å². The first kappa shape index (κ1) is 21.4. The molecule has 0 aromatic heterocycles. The van der Waals surface area contributed by atoms with Crippen LogP contribution >= 0.6 is 45.8 Å². The molecule has 0 N–H and O–H groups in total. The minimum atomic E-state index is 0.351. The predicted octanol–water partition coefficient (Wildman–Crippen LogP) is 6.88. The first-order valence-corrected chi connectivity index (χ1v) is 11.1. The largest absolute Gasteiger partial charge is 0.492 e. The van der Waals surface area contributed by atoms with E-state index in [0.29, 0.717) is 10.5 Å². The van der Waals surface area contributed by atoms with Crippen LogP contribution in [0.2, 0.25) is 10.0 Å². The summed E-state index contributed by atoms with van der Waals surface area (Å²) >= 11 is 14.4. The number of nitrogens with zero attached hydrogens (tertiary/aromatic N) is 1. The van der Waals surface area contributed by atoms with Crippen molar-refractivity contribution >= 4 is 45.8 Å². The zero-order chi connectivity index (χ0) is 19.8. The molecule has 0 heterocycles. The van der Waals surface area contributed by atoms with Crippen LogP contribution < -0.4 is 4.74 Å². The molecule has 3 aromatic rings. The summed E-state index contributed by atoms with van der Waals surface area (Å²) in [4.78, 5) is 2.45. The van der Waals surface area contributed by atoms with Gasteiger partial charge < -0.3 is 4.74 Å². The van der Waals surface area contributed by atoms with Crippen LogP contribution in [0.15, 0.2) is 78.9 Å². The monoisotopic (exact) mass is 525 g/mol. The summed E-state index contributed by atoms with van der Waals surface area (Å²) in [6.07, 6.45) is 0. The van der Waals surface area contributed by atoms with Crippen molar-refractivity contribution in [1.82, 2.24) is 4.90 Å². The number of benzene rings is 3. The molecule has 0 amide bonds. The van der Waals surface area contributed by atoms with Crippen LogP contribution in [0, 0.1) is 0 Å². The molecule has 5 heteroatoms. The first-order valence-electron chi connectivity index (χ1n) is 9.11. The highest BCUT2D eigenvalue weighted by molar-refractivity contribution is 14.1. The van der Waals surface area contributed by atoms with Crippen LogP contribution in [0.25, 0.3) is 0 Å². The molecule has 0 radical (unpaired) electrons. The molecule has 0 aliphatic rings. The maximum absolute atomic E-state index is 6.03. The quantitative estimate of drug-likeness (QED) is 0.223. The summed E-state index contributed by atoms with van der Waals surface area (Å²) in [7, 11) is 0. The van der Waals surface area contributed by atoms with Gasteiger partial charge in [-0.3, -0.25) is 4.90 Å². The molecule has 28 heavy (non-hydrogen) atoms. The molecular formula is C23H22Cl2INO. The second kappa shape index (κ2) is 11.1. The van der Waals surface area contributed by atoms with E-state index in [1.807, 2.05) is 42.5 Å². The zero-order valence-corrected chi connectivity index (χ0v) is 19.1. The average Bonchev–Trinajstić information content (AvgIpc) is 2.70. The van der Waals surface area contributed by atoms with Crippen molar-refractivity contribution in [3.63, 3.8) is 0 Å². The summed E-state index contributed by atoms with van der Waals surface area (Å²) in [5.74, 6) is 0.846. The van der Waals surface area contributed by atoms with Crippen LogP contribution in [0.5, 0.6) is 5.75 Å². The first-order chi connectivity index (χ1) is 13.6. The van der Waals surface area contributed by atoms with Gasteiger partial charge in [-0.15, -0.1) is 0 Å². The minimum Gasteiger partial charge on any atom is -0.492 e. The van der Waals surface area contributed by atoms with Gasteiger partial charge in [-0.05, 0) is 47.5 Å². The molecule has 3 aromatic carbocycles. The van der Waals surface area contributed by atoms with Crippen LogP contribution in [0.3, 0.4) is 0 Å². The van der Waals surface area contributed by atoms with Crippen LogP contribution in [0.1, 0.15) is 11.1 Å². The Kier molecular flexibility index (Phi) is 8.46. The molecule has 0 fully saturated rings. The maximum Gasteiger partial charge on any atom is 0.119 e. The van der Waals surface area contributed by atoms with E-state index in [1.54, 1.807) is 0 Å². The Morgan fingerprint density at radius 2 is 1.29 bits per heavy atom. The van der Waals surface area contributed by atoms with E-state index in [2.05, 4.69) is 63.9 Å². The van der Waals surface area contributed by atoms with Gasteiger partial charge in [-0.2, -0.15) is 0 Å². The lowest BCUT2D eigenvalue weighted by Crippen LogP contribution is -2.32. The van der Waals surface area contributed by atoms with Gasteiger partial charge >= 0.3 is 0 Å². The van der Waals surface area contributed by atoms with E-state index in [1.165, 1.54) is 11.1 Å². The fourth-order valence-corrected chi connectivity index (χ4v) is 3.91. The van der Waals surface area contributed by atoms with Crippen LogP contribution in [-0.4, -0.2) is 22.0 Å². The molecule has 0 spiro atoms. The second-order valence-corrected chi connectivity index (χ2v) is 9.28. The Morgan fingerprint density at radius 1 is 0.750 bits per heavy atom. The van der Waals surface area contributed by atoms with Gasteiger partial charge in [0, 0.05) is 29.7 Å². The highest BCUT2D eigenvalue weighted by Crippen LogP contribution is 2.19. The normalized spacial score (nSPS) is 12.1. The van der Waals surface area contributed by atoms with E-state index in [0.717, 1.165) is 35.4 Å². The van der Waals surface area contributed by atoms with Crippen molar-refractivity contribution in [1.29, 1.82) is 0 Å². The average molecular weight is 526 g/mol. The topological polar surface area (TPSA) is 12.5 Å². The molecule has 146 valence electrons. The van der Waals surface area contributed by atoms with Gasteiger partial charge in [0.15, 0.2) is 0 Å². The molecule has 0 aliphatic heterocycles. The lowest BCUT2D eigenvalue weighted by Gasteiger charge is -2.25. The molecule has 3 rings (SSSR count). The number of ether oxygens (including phenoxy) is 1. The molecule has 0 aliphatic carbocycles. The van der Waals surface area contributed by atoms with E-state index in [9.17, 15) is 0 Å². The van der Waals surface area contributed by atoms with Crippen LogP contribution in [0.4, 0.5) is 0 Å². The SMILES string of the molecule is Clc1ccc(CN(Cc2ccccc2)CC(I)COc2ccc(Cl)cc2)cc1. The van der Waals surface area contributed by atoms with Gasteiger partial charge in [0.25, 0.3) is 0 Å². The minimum absolute atomic E-state index is 0.351. The second-order valence-electron chi connectivity index (χ2n) is 6.64. The number of rotatable bonds is 9. The van der Waals surface area contributed by atoms with E-state index < -0.39 is 0 Å². The van der Waals surface area contributed by atoms with Crippen molar-refractivity contribution in [2.24, 2.45) is 0 Å². The number of hydrogen-bond donors (Lipinski definition) is 0. The van der Waals surface area contributed by atoms with Gasteiger partial charge in [0.2, 0.25) is 0 Å². The number of halogens is 3. The summed E-state index contributed by atoms with van der Waals surface area (Å²) in [6.45, 7) is 3.33. The lowest BCUT2D eigenvalue weighted by molar-refractivity contribution is 0.231. The Morgan fingerprint density at radius 3 is 1.89 bits per heavy atom. The number of hydrogen-bond acceptors (Lipinski definition) is 2. The molecule has 1 unspecified atom stereocenters. The Bertz CT molecular complexity index is 841. The Labute approximate surface area is 190 Å². The fourth-order valence-electron chi connectivity index (χ4n) is 2.92. The molecule has 0 saturated heterocycles. The third-order valence-corrected chi connectivity index (χ3v) is 5.53. The van der Waals surface area contributed by atoms with Crippen molar-refractivity contribution in [3.05, 3.63) is 100 Å². The maximum atomic E-state index is 6.03. The lowest BCUT2D eigenvalue weighted by atomic mass is 10.1. The van der Waals surface area contributed by atoms with Crippen molar-refractivity contribution < 1.29 is 4.74 Å². The highest BCUT2D eigenvalue weighted by Gasteiger charge is 2.14. The third kappa shape index (κ3) is 7.28. The van der Waals surface area contributed by atoms with E-state index >= 15 is 0 Å². The van der Waals surface area contributed by atoms with E-state index in [-0.39, 0.29) is 0 Å². The Hall–Kier alpha value is -1.27. The molecule has 0 saturated carbocycles. The fraction of sp³-hybridized carbons (Fsp3) is 0.217. The Balaban J connectivity index is 1.61. The van der Waals surface area contributed by atoms with Gasteiger partial charge in [-0.25, -0.2) is 0 Å².